The van der Waals surface area contributed by atoms with Crippen molar-refractivity contribution in [3.63, 3.8) is 0 Å². The van der Waals surface area contributed by atoms with Gasteiger partial charge in [0.05, 0.1) is 5.69 Å². The molecule has 0 aliphatic heterocycles. The Morgan fingerprint density at radius 3 is 1.40 bits per heavy atom. The van der Waals surface area contributed by atoms with Crippen LogP contribution in [0.5, 0.6) is 0 Å². The van der Waals surface area contributed by atoms with Gasteiger partial charge in [0.25, 0.3) is 0 Å². The molecule has 3 nitrogen and oxygen atoms in total. The Morgan fingerprint density at radius 2 is 0.727 bits per heavy atom. The van der Waals surface area contributed by atoms with Gasteiger partial charge in [0, 0.05) is 49.6 Å². The summed E-state index contributed by atoms with van der Waals surface area (Å²) >= 11 is 0. The molecule has 0 radical (unpaired) electrons. The maximum Gasteiger partial charge on any atom is 0.143 e. The highest BCUT2D eigenvalue weighted by Gasteiger charge is 2.21. The normalized spacial score (nSPS) is 11.6. The molecule has 11 aromatic rings. The molecule has 9 aromatic carbocycles. The Hall–Kier alpha value is -7.36. The summed E-state index contributed by atoms with van der Waals surface area (Å²) in [6.45, 7) is 0. The Bertz CT molecular complexity index is 3200. The lowest BCUT2D eigenvalue weighted by atomic mass is 9.97. The second kappa shape index (κ2) is 12.6. The topological polar surface area (TPSA) is 29.5 Å². The molecule has 2 heterocycles. The Morgan fingerprint density at radius 1 is 0.291 bits per heavy atom. The summed E-state index contributed by atoms with van der Waals surface area (Å²) in [6.07, 6.45) is 0. The molecule has 0 unspecified atom stereocenters. The first kappa shape index (κ1) is 31.2. The van der Waals surface area contributed by atoms with Gasteiger partial charge in [-0.3, -0.25) is 0 Å². The molecule has 0 atom stereocenters. The molecular formula is C52H33NO2. The van der Waals surface area contributed by atoms with E-state index in [0.29, 0.717) is 0 Å². The van der Waals surface area contributed by atoms with Crippen LogP contribution >= 0.6 is 0 Å². The molecule has 258 valence electrons. The van der Waals surface area contributed by atoms with Gasteiger partial charge in [0.15, 0.2) is 0 Å². The number of fused-ring (bicyclic) bond motifs is 7. The monoisotopic (exact) mass is 703 g/mol. The van der Waals surface area contributed by atoms with Gasteiger partial charge >= 0.3 is 0 Å². The van der Waals surface area contributed by atoms with E-state index in [1.54, 1.807) is 0 Å². The summed E-state index contributed by atoms with van der Waals surface area (Å²) in [5, 5.41) is 6.96. The number of nitrogens with zero attached hydrogens (tertiary/aromatic N) is 1. The molecule has 0 spiro atoms. The molecule has 3 heteroatoms. The summed E-state index contributed by atoms with van der Waals surface area (Å²) in [4.78, 5) is 2.36. The molecule has 0 fully saturated rings. The maximum atomic E-state index is 6.58. The van der Waals surface area contributed by atoms with Crippen molar-refractivity contribution in [3.05, 3.63) is 200 Å². The van der Waals surface area contributed by atoms with Gasteiger partial charge in [-0.1, -0.05) is 158 Å². The zero-order valence-corrected chi connectivity index (χ0v) is 29.8. The fourth-order valence-corrected chi connectivity index (χ4v) is 8.31. The van der Waals surface area contributed by atoms with Gasteiger partial charge in [-0.25, -0.2) is 0 Å². The van der Waals surface area contributed by atoms with Gasteiger partial charge in [-0.05, 0) is 69.9 Å². The van der Waals surface area contributed by atoms with Crippen molar-refractivity contribution in [2.75, 3.05) is 4.90 Å². The lowest BCUT2D eigenvalue weighted by Crippen LogP contribution is -2.11. The van der Waals surface area contributed by atoms with E-state index >= 15 is 0 Å². The Kier molecular flexibility index (Phi) is 7.17. The van der Waals surface area contributed by atoms with Crippen LogP contribution in [0.3, 0.4) is 0 Å². The fraction of sp³-hybridized carbons (Fsp3) is 0. The van der Waals surface area contributed by atoms with Crippen LogP contribution < -0.4 is 4.90 Å². The van der Waals surface area contributed by atoms with Crippen LogP contribution in [-0.2, 0) is 0 Å². The summed E-state index contributed by atoms with van der Waals surface area (Å²) < 4.78 is 13.0. The largest absolute Gasteiger partial charge is 0.455 e. The van der Waals surface area contributed by atoms with Crippen molar-refractivity contribution < 1.29 is 8.83 Å². The maximum absolute atomic E-state index is 6.58. The highest BCUT2D eigenvalue weighted by atomic mass is 16.3. The van der Waals surface area contributed by atoms with Crippen LogP contribution in [0.1, 0.15) is 0 Å². The summed E-state index contributed by atoms with van der Waals surface area (Å²) in [6, 6.07) is 70.9. The molecule has 0 aliphatic rings. The lowest BCUT2D eigenvalue weighted by molar-refractivity contribution is 0.669. The Labute approximate surface area is 317 Å². The first-order chi connectivity index (χ1) is 27.3. The first-order valence-corrected chi connectivity index (χ1v) is 18.7. The van der Waals surface area contributed by atoms with Crippen LogP contribution in [0, 0.1) is 0 Å². The smallest absolute Gasteiger partial charge is 0.143 e. The number of furan rings is 2. The summed E-state index contributed by atoms with van der Waals surface area (Å²) in [5.41, 5.74) is 13.4. The average molecular weight is 704 g/mol. The highest BCUT2D eigenvalue weighted by molar-refractivity contribution is 6.11. The van der Waals surface area contributed by atoms with Gasteiger partial charge in [-0.2, -0.15) is 0 Å². The molecule has 0 bridgehead atoms. The van der Waals surface area contributed by atoms with Crippen LogP contribution in [0.15, 0.2) is 209 Å². The van der Waals surface area contributed by atoms with Crippen molar-refractivity contribution in [2.24, 2.45) is 0 Å². The van der Waals surface area contributed by atoms with Crippen LogP contribution in [0.4, 0.5) is 17.1 Å². The lowest BCUT2D eigenvalue weighted by Gasteiger charge is -2.28. The number of hydrogen-bond acceptors (Lipinski definition) is 3. The predicted molar refractivity (Wildman–Crippen MR) is 229 cm³/mol. The van der Waals surface area contributed by atoms with E-state index in [2.05, 4.69) is 181 Å². The van der Waals surface area contributed by atoms with Crippen molar-refractivity contribution in [3.8, 4) is 33.4 Å². The molecule has 0 saturated heterocycles. The second-order valence-corrected chi connectivity index (χ2v) is 14.0. The molecule has 0 amide bonds. The number of benzene rings is 9. The van der Waals surface area contributed by atoms with Gasteiger partial charge in [0.1, 0.15) is 22.3 Å². The third kappa shape index (κ3) is 5.13. The van der Waals surface area contributed by atoms with Gasteiger partial charge < -0.3 is 13.7 Å². The standard InChI is InChI=1S/C52H33NO2/c1-2-14-39-34(12-1)13-9-18-40(39)35-26-30-37(31-27-35)53(38-32-28-36(29-33-38)41-19-10-21-46-43-16-4-7-24-49(43)54-51(41)46)48-23-6-3-15-42(48)45-20-11-22-47-44-17-5-8-25-50(44)55-52(45)47/h1-33H. The molecule has 0 N–H and O–H groups in total. The molecular weight excluding hydrogens is 671 g/mol. The molecule has 2 aromatic heterocycles. The molecule has 11 rings (SSSR count). The van der Waals surface area contributed by atoms with Crippen molar-refractivity contribution in [1.29, 1.82) is 0 Å². The average Bonchev–Trinajstić information content (AvgIpc) is 3.83. The van der Waals surface area contributed by atoms with E-state index in [1.807, 2.05) is 24.3 Å². The van der Waals surface area contributed by atoms with Gasteiger partial charge in [-0.15, -0.1) is 0 Å². The van der Waals surface area contributed by atoms with Crippen LogP contribution in [-0.4, -0.2) is 0 Å². The van der Waals surface area contributed by atoms with Crippen molar-refractivity contribution >= 4 is 71.7 Å². The summed E-state index contributed by atoms with van der Waals surface area (Å²) in [7, 11) is 0. The Balaban J connectivity index is 1.08. The van der Waals surface area contributed by atoms with E-state index in [1.165, 1.54) is 21.9 Å². The van der Waals surface area contributed by atoms with E-state index < -0.39 is 0 Å². The number of hydrogen-bond donors (Lipinski definition) is 0. The minimum atomic E-state index is 0.886. The third-order valence-electron chi connectivity index (χ3n) is 10.9. The predicted octanol–water partition coefficient (Wildman–Crippen LogP) is 15.1. The van der Waals surface area contributed by atoms with E-state index in [9.17, 15) is 0 Å². The van der Waals surface area contributed by atoms with Crippen LogP contribution in [0.2, 0.25) is 0 Å². The zero-order chi connectivity index (χ0) is 36.3. The van der Waals surface area contributed by atoms with Gasteiger partial charge in [0.2, 0.25) is 0 Å². The molecule has 0 saturated carbocycles. The SMILES string of the molecule is c1ccc(N(c2ccc(-c3cccc4ccccc34)cc2)c2ccc(-c3cccc4c3oc3ccccc34)cc2)c(-c2cccc3c2oc2ccccc23)c1. The molecule has 55 heavy (non-hydrogen) atoms. The summed E-state index contributed by atoms with van der Waals surface area (Å²) in [5.74, 6) is 0. The second-order valence-electron chi connectivity index (χ2n) is 14.0. The fourth-order valence-electron chi connectivity index (χ4n) is 8.31. The van der Waals surface area contributed by atoms with Crippen molar-refractivity contribution in [2.45, 2.75) is 0 Å². The van der Waals surface area contributed by atoms with Crippen LogP contribution in [0.25, 0.3) is 88.0 Å². The first-order valence-electron chi connectivity index (χ1n) is 18.7. The minimum absolute atomic E-state index is 0.886. The minimum Gasteiger partial charge on any atom is -0.455 e. The van der Waals surface area contributed by atoms with E-state index in [-0.39, 0.29) is 0 Å². The number of anilines is 3. The van der Waals surface area contributed by atoms with Crippen molar-refractivity contribution in [1.82, 2.24) is 0 Å². The molecule has 0 aliphatic carbocycles. The number of rotatable bonds is 6. The number of para-hydroxylation sites is 5. The van der Waals surface area contributed by atoms with E-state index in [0.717, 1.165) is 83.2 Å². The third-order valence-corrected chi connectivity index (χ3v) is 10.9. The highest BCUT2D eigenvalue weighted by Crippen LogP contribution is 2.45. The quantitative estimate of drug-likeness (QED) is 0.173. The van der Waals surface area contributed by atoms with E-state index in [4.69, 9.17) is 8.83 Å². The zero-order valence-electron chi connectivity index (χ0n) is 29.8.